The van der Waals surface area contributed by atoms with Crippen LogP contribution in [0, 0.1) is 11.3 Å². The van der Waals surface area contributed by atoms with Crippen LogP contribution in [0.1, 0.15) is 5.56 Å². The number of hydrogen-bond acceptors (Lipinski definition) is 6. The van der Waals surface area contributed by atoms with Crippen LogP contribution in [0.3, 0.4) is 0 Å². The lowest BCUT2D eigenvalue weighted by Crippen LogP contribution is -2.22. The molecule has 0 aliphatic carbocycles. The number of nitrogens with zero attached hydrogens (tertiary/aromatic N) is 1. The zero-order valence-electron chi connectivity index (χ0n) is 12.2. The highest BCUT2D eigenvalue weighted by Gasteiger charge is 2.09. The van der Waals surface area contributed by atoms with Crippen LogP contribution in [0.25, 0.3) is 6.08 Å². The van der Waals surface area contributed by atoms with Gasteiger partial charge in [-0.05, 0) is 23.8 Å². The quantitative estimate of drug-likeness (QED) is 0.423. The van der Waals surface area contributed by atoms with Gasteiger partial charge in [0.2, 0.25) is 11.7 Å². The van der Waals surface area contributed by atoms with Gasteiger partial charge in [0.1, 0.15) is 11.8 Å². The summed E-state index contributed by atoms with van der Waals surface area (Å²) in [7, 11) is 2.87. The Morgan fingerprint density at radius 1 is 1.41 bits per heavy atom. The van der Waals surface area contributed by atoms with Gasteiger partial charge in [-0.2, -0.15) is 17.9 Å². The zero-order valence-corrected chi connectivity index (χ0v) is 13.1. The Morgan fingerprint density at radius 2 is 2.00 bits per heavy atom. The average Bonchev–Trinajstić information content (AvgIpc) is 2.54. The summed E-state index contributed by atoms with van der Waals surface area (Å²) in [4.78, 5) is 11.2. The number of nitrogens with one attached hydrogen (secondary N) is 1. The molecule has 0 bridgehead atoms. The van der Waals surface area contributed by atoms with Gasteiger partial charge in [-0.15, -0.1) is 0 Å². The summed E-state index contributed by atoms with van der Waals surface area (Å²) in [6.07, 6.45) is 4.71. The highest BCUT2D eigenvalue weighted by Crippen LogP contribution is 2.37. The number of amides is 1. The lowest BCUT2D eigenvalue weighted by atomic mass is 10.1. The van der Waals surface area contributed by atoms with Crippen LogP contribution in [0.2, 0.25) is 0 Å². The molecule has 0 saturated heterocycles. The fourth-order valence-electron chi connectivity index (χ4n) is 1.56. The van der Waals surface area contributed by atoms with E-state index in [-0.39, 0.29) is 34.6 Å². The number of carbonyl (C=O) groups excluding carboxylic acids is 1. The predicted molar refractivity (Wildman–Crippen MR) is 85.9 cm³/mol. The van der Waals surface area contributed by atoms with E-state index in [0.717, 1.165) is 0 Å². The lowest BCUT2D eigenvalue weighted by molar-refractivity contribution is -0.117. The van der Waals surface area contributed by atoms with E-state index in [1.54, 1.807) is 24.3 Å². The number of carbonyl (C=O) groups is 1. The highest BCUT2D eigenvalue weighted by atomic mass is 32.1. The van der Waals surface area contributed by atoms with Crippen LogP contribution in [-0.4, -0.2) is 31.0 Å². The number of rotatable bonds is 6. The average molecular weight is 320 g/mol. The number of phenolic OH excluding ortho intramolecular Hbond substituents is 1. The van der Waals surface area contributed by atoms with Crippen LogP contribution in [0.15, 0.2) is 30.0 Å². The third kappa shape index (κ3) is 4.75. The van der Waals surface area contributed by atoms with E-state index in [9.17, 15) is 9.90 Å². The molecule has 6 nitrogen and oxygen atoms in total. The van der Waals surface area contributed by atoms with Crippen LogP contribution in [0.5, 0.6) is 17.2 Å². The third-order valence-electron chi connectivity index (χ3n) is 2.59. The largest absolute Gasteiger partial charge is 0.502 e. The molecule has 116 valence electrons. The molecule has 1 aromatic carbocycles. The minimum Gasteiger partial charge on any atom is -0.502 e. The molecule has 0 fully saturated rings. The summed E-state index contributed by atoms with van der Waals surface area (Å²) in [5.74, 6) is 0.0856. The Balaban J connectivity index is 2.98. The smallest absolute Gasteiger partial charge is 0.234 e. The van der Waals surface area contributed by atoms with E-state index in [1.165, 1.54) is 20.3 Å². The number of hydrogen-bond donors (Lipinski definition) is 3. The zero-order chi connectivity index (χ0) is 16.5. The van der Waals surface area contributed by atoms with Gasteiger partial charge in [0.15, 0.2) is 11.5 Å². The molecule has 7 heteroatoms. The number of allylic oxidation sites excluding steroid dienone is 3. The minimum absolute atomic E-state index is 0.00487. The summed E-state index contributed by atoms with van der Waals surface area (Å²) < 4.78 is 10.1. The summed E-state index contributed by atoms with van der Waals surface area (Å²) in [5, 5.41) is 21.1. The van der Waals surface area contributed by atoms with Crippen molar-refractivity contribution in [3.63, 3.8) is 0 Å². The van der Waals surface area contributed by atoms with E-state index < -0.39 is 0 Å². The van der Waals surface area contributed by atoms with Crippen LogP contribution < -0.4 is 14.8 Å². The number of nitriles is 1. The standard InChI is InChI=1S/C15H16N2O4S/c1-20-12-6-10(7-13(21-2)15(12)19)4-3-5-11(8-16)17-14(18)9-22/h3-7,19,22H,9H2,1-2H3,(H,17,18)/b4-3+,11-5+. The van der Waals surface area contributed by atoms with Crippen molar-refractivity contribution in [3.05, 3.63) is 35.5 Å². The highest BCUT2D eigenvalue weighted by molar-refractivity contribution is 7.81. The summed E-state index contributed by atoms with van der Waals surface area (Å²) in [6, 6.07) is 5.09. The van der Waals surface area contributed by atoms with E-state index in [2.05, 4.69) is 17.9 Å². The predicted octanol–water partition coefficient (Wildman–Crippen LogP) is 1.88. The molecule has 1 amide bonds. The molecule has 0 heterocycles. The van der Waals surface area contributed by atoms with Crippen molar-refractivity contribution < 1.29 is 19.4 Å². The molecule has 1 rings (SSSR count). The normalized spacial score (nSPS) is 11.1. The van der Waals surface area contributed by atoms with Crippen molar-refractivity contribution in [3.8, 4) is 23.3 Å². The number of benzene rings is 1. The van der Waals surface area contributed by atoms with Crippen molar-refractivity contribution in [1.29, 1.82) is 5.26 Å². The SMILES string of the molecule is COc1cc(/C=C/C=C(\C#N)NC(=O)CS)cc(OC)c1O. The Hall–Kier alpha value is -2.59. The number of thiol groups is 1. The second kappa shape index (κ2) is 8.64. The van der Waals surface area contributed by atoms with Crippen molar-refractivity contribution in [2.45, 2.75) is 0 Å². The number of phenols is 1. The second-order valence-electron chi connectivity index (χ2n) is 4.03. The van der Waals surface area contributed by atoms with Gasteiger partial charge in [0, 0.05) is 0 Å². The minimum atomic E-state index is -0.363. The maximum atomic E-state index is 11.2. The van der Waals surface area contributed by atoms with E-state index in [0.29, 0.717) is 5.56 Å². The Kier molecular flexibility index (Phi) is 6.86. The van der Waals surface area contributed by atoms with Gasteiger partial charge >= 0.3 is 0 Å². The number of methoxy groups -OCH3 is 2. The van der Waals surface area contributed by atoms with Crippen LogP contribution in [0.4, 0.5) is 0 Å². The van der Waals surface area contributed by atoms with Gasteiger partial charge in [0.05, 0.1) is 20.0 Å². The van der Waals surface area contributed by atoms with E-state index in [4.69, 9.17) is 14.7 Å². The lowest BCUT2D eigenvalue weighted by Gasteiger charge is -2.09. The molecule has 0 spiro atoms. The van der Waals surface area contributed by atoms with Gasteiger partial charge in [0.25, 0.3) is 0 Å². The van der Waals surface area contributed by atoms with Crippen molar-refractivity contribution >= 4 is 24.6 Å². The van der Waals surface area contributed by atoms with Gasteiger partial charge < -0.3 is 19.9 Å². The number of ether oxygens (including phenoxy) is 2. The van der Waals surface area contributed by atoms with Crippen molar-refractivity contribution in [2.24, 2.45) is 0 Å². The summed E-state index contributed by atoms with van der Waals surface area (Å²) in [6.45, 7) is 0. The Bertz CT molecular complexity index is 622. The van der Waals surface area contributed by atoms with Crippen LogP contribution in [-0.2, 0) is 4.79 Å². The maximum Gasteiger partial charge on any atom is 0.234 e. The fourth-order valence-corrected chi connectivity index (χ4v) is 1.64. The van der Waals surface area contributed by atoms with Gasteiger partial charge in [-0.3, -0.25) is 4.79 Å². The molecule has 0 saturated carbocycles. The topological polar surface area (TPSA) is 91.6 Å². The molecule has 22 heavy (non-hydrogen) atoms. The van der Waals surface area contributed by atoms with Gasteiger partial charge in [-0.25, -0.2) is 0 Å². The molecule has 0 aromatic heterocycles. The number of aromatic hydroxyl groups is 1. The Morgan fingerprint density at radius 3 is 2.45 bits per heavy atom. The first-order valence-corrected chi connectivity index (χ1v) is 6.83. The molecule has 0 atom stereocenters. The Labute approximate surface area is 134 Å². The van der Waals surface area contributed by atoms with E-state index >= 15 is 0 Å². The molecule has 0 radical (unpaired) electrons. The first kappa shape index (κ1) is 17.5. The molecular weight excluding hydrogens is 304 g/mol. The first-order valence-electron chi connectivity index (χ1n) is 6.19. The van der Waals surface area contributed by atoms with Gasteiger partial charge in [-0.1, -0.05) is 12.2 Å². The summed E-state index contributed by atoms with van der Waals surface area (Å²) in [5.41, 5.74) is 0.800. The summed E-state index contributed by atoms with van der Waals surface area (Å²) >= 11 is 3.81. The first-order chi connectivity index (χ1) is 10.5. The van der Waals surface area contributed by atoms with Crippen molar-refractivity contribution in [2.75, 3.05) is 20.0 Å². The fraction of sp³-hybridized carbons (Fsp3) is 0.200. The monoisotopic (exact) mass is 320 g/mol. The molecule has 0 unspecified atom stereocenters. The molecule has 1 aromatic rings. The maximum absolute atomic E-state index is 11.2. The molecular formula is C15H16N2O4S. The van der Waals surface area contributed by atoms with Crippen LogP contribution >= 0.6 is 12.6 Å². The molecule has 0 aliphatic rings. The second-order valence-corrected chi connectivity index (χ2v) is 4.35. The third-order valence-corrected chi connectivity index (χ3v) is 2.88. The van der Waals surface area contributed by atoms with Crippen molar-refractivity contribution in [1.82, 2.24) is 5.32 Å². The van der Waals surface area contributed by atoms with E-state index in [1.807, 2.05) is 6.07 Å². The molecule has 0 aliphatic heterocycles. The molecule has 2 N–H and O–H groups in total.